The average molecular weight is 517 g/mol. The Kier molecular flexibility index (Phi) is 9.25. The lowest BCUT2D eigenvalue weighted by Gasteiger charge is -2.19. The number of esters is 1. The van der Waals surface area contributed by atoms with Gasteiger partial charge in [0.1, 0.15) is 11.8 Å². The fourth-order valence-corrected chi connectivity index (χ4v) is 4.44. The second-order valence-corrected chi connectivity index (χ2v) is 9.58. The van der Waals surface area contributed by atoms with E-state index < -0.39 is 27.9 Å². The van der Waals surface area contributed by atoms with Gasteiger partial charge in [0.15, 0.2) is 6.61 Å². The van der Waals surface area contributed by atoms with E-state index in [1.165, 1.54) is 24.3 Å². The Morgan fingerprint density at radius 2 is 1.60 bits per heavy atom. The van der Waals surface area contributed by atoms with Gasteiger partial charge in [0, 0.05) is 10.7 Å². The maximum Gasteiger partial charge on any atom is 0.344 e. The molecular formula is C25H25ClN2O6S. The first-order chi connectivity index (χ1) is 16.8. The van der Waals surface area contributed by atoms with E-state index in [4.69, 9.17) is 21.1 Å². The van der Waals surface area contributed by atoms with E-state index in [0.29, 0.717) is 16.5 Å². The number of amides is 1. The second-order valence-electron chi connectivity index (χ2n) is 7.42. The third-order valence-corrected chi connectivity index (χ3v) is 6.54. The van der Waals surface area contributed by atoms with Crippen molar-refractivity contribution in [3.05, 3.63) is 89.4 Å². The first-order valence-electron chi connectivity index (χ1n) is 10.8. The van der Waals surface area contributed by atoms with Gasteiger partial charge in [0.25, 0.3) is 0 Å². The van der Waals surface area contributed by atoms with Crippen molar-refractivity contribution >= 4 is 39.2 Å². The highest BCUT2D eigenvalue weighted by atomic mass is 35.5. The monoisotopic (exact) mass is 516 g/mol. The lowest BCUT2D eigenvalue weighted by Crippen LogP contribution is -2.45. The summed E-state index contributed by atoms with van der Waals surface area (Å²) in [7, 11) is -3.99. The molecule has 0 radical (unpaired) electrons. The van der Waals surface area contributed by atoms with Gasteiger partial charge in [-0.15, -0.1) is 0 Å². The number of hydrogen-bond donors (Lipinski definition) is 2. The predicted octanol–water partition coefficient (Wildman–Crippen LogP) is 3.81. The molecule has 0 saturated heterocycles. The predicted molar refractivity (Wildman–Crippen MR) is 133 cm³/mol. The lowest BCUT2D eigenvalue weighted by molar-refractivity contribution is -0.145. The summed E-state index contributed by atoms with van der Waals surface area (Å²) in [6.45, 7) is 1.74. The molecule has 0 unspecified atom stereocenters. The van der Waals surface area contributed by atoms with Crippen LogP contribution in [-0.2, 0) is 30.8 Å². The summed E-state index contributed by atoms with van der Waals surface area (Å²) in [6.07, 6.45) is 0.139. The van der Waals surface area contributed by atoms with E-state index in [2.05, 4.69) is 10.0 Å². The van der Waals surface area contributed by atoms with Gasteiger partial charge in [0.05, 0.1) is 11.5 Å². The van der Waals surface area contributed by atoms with Crippen molar-refractivity contribution in [1.82, 2.24) is 4.72 Å². The highest BCUT2D eigenvalue weighted by Gasteiger charge is 2.26. The molecule has 0 spiro atoms. The summed E-state index contributed by atoms with van der Waals surface area (Å²) >= 11 is 5.86. The van der Waals surface area contributed by atoms with E-state index >= 15 is 0 Å². The van der Waals surface area contributed by atoms with Crippen LogP contribution in [-0.4, -0.2) is 39.5 Å². The van der Waals surface area contributed by atoms with Crippen molar-refractivity contribution in [2.24, 2.45) is 0 Å². The Labute approximate surface area is 209 Å². The van der Waals surface area contributed by atoms with Gasteiger partial charge in [-0.05, 0) is 67.4 Å². The van der Waals surface area contributed by atoms with E-state index in [9.17, 15) is 18.0 Å². The van der Waals surface area contributed by atoms with Crippen LogP contribution >= 0.6 is 11.6 Å². The molecule has 3 rings (SSSR count). The molecule has 0 aliphatic carbocycles. The van der Waals surface area contributed by atoms with Gasteiger partial charge in [-0.2, -0.15) is 4.72 Å². The Hall–Kier alpha value is -3.40. The zero-order chi connectivity index (χ0) is 25.3. The van der Waals surface area contributed by atoms with E-state index in [0.717, 1.165) is 5.56 Å². The van der Waals surface area contributed by atoms with Crippen LogP contribution in [0.3, 0.4) is 0 Å². The van der Waals surface area contributed by atoms with E-state index in [1.54, 1.807) is 31.2 Å². The minimum absolute atomic E-state index is 0.00383. The summed E-state index contributed by atoms with van der Waals surface area (Å²) in [5.41, 5.74) is 1.22. The zero-order valence-corrected chi connectivity index (χ0v) is 20.5. The lowest BCUT2D eigenvalue weighted by atomic mass is 10.1. The Bertz CT molecular complexity index is 1230. The molecule has 2 N–H and O–H groups in total. The molecule has 0 saturated carbocycles. The maximum atomic E-state index is 13.1. The van der Waals surface area contributed by atoms with Crippen molar-refractivity contribution in [3.8, 4) is 5.75 Å². The van der Waals surface area contributed by atoms with Crippen LogP contribution in [0.2, 0.25) is 5.02 Å². The molecule has 0 fully saturated rings. The summed E-state index contributed by atoms with van der Waals surface area (Å²) in [5, 5.41) is 3.12. The summed E-state index contributed by atoms with van der Waals surface area (Å²) < 4.78 is 38.5. The number of carbonyl (C=O) groups excluding carboxylic acids is 2. The number of halogens is 1. The largest absolute Gasteiger partial charge is 0.482 e. The number of sulfonamides is 1. The van der Waals surface area contributed by atoms with Crippen LogP contribution in [0.15, 0.2) is 83.8 Å². The third kappa shape index (κ3) is 8.10. The van der Waals surface area contributed by atoms with Gasteiger partial charge >= 0.3 is 5.97 Å². The maximum absolute atomic E-state index is 13.1. The molecule has 0 aromatic heterocycles. The van der Waals surface area contributed by atoms with Crippen LogP contribution in [0.5, 0.6) is 5.75 Å². The van der Waals surface area contributed by atoms with Gasteiger partial charge in [-0.3, -0.25) is 4.79 Å². The summed E-state index contributed by atoms with van der Waals surface area (Å²) in [5.74, 6) is -0.603. The molecule has 0 heterocycles. The Balaban J connectivity index is 1.73. The van der Waals surface area contributed by atoms with Crippen LogP contribution in [0.1, 0.15) is 12.5 Å². The molecule has 184 valence electrons. The van der Waals surface area contributed by atoms with Crippen molar-refractivity contribution in [3.63, 3.8) is 0 Å². The standard InChI is InChI=1S/C25H25ClN2O6S/c1-2-33-24(29)17-34-21-12-10-20(11-13-21)27-25(30)23(16-18-6-4-3-5-7-18)28-35(31,32)22-14-8-19(26)9-15-22/h3-15,23,28H,2,16-17H2,1H3,(H,27,30)/t23-/m0/s1. The molecule has 0 bridgehead atoms. The molecule has 1 amide bonds. The molecule has 0 aliphatic heterocycles. The normalized spacial score (nSPS) is 11.9. The second kappa shape index (κ2) is 12.3. The molecule has 8 nitrogen and oxygen atoms in total. The Morgan fingerprint density at radius 3 is 2.23 bits per heavy atom. The molecular weight excluding hydrogens is 492 g/mol. The number of hydrogen-bond acceptors (Lipinski definition) is 6. The van der Waals surface area contributed by atoms with Crippen molar-refractivity contribution < 1.29 is 27.5 Å². The van der Waals surface area contributed by atoms with Crippen LogP contribution < -0.4 is 14.8 Å². The van der Waals surface area contributed by atoms with Gasteiger partial charge in [-0.1, -0.05) is 41.9 Å². The number of anilines is 1. The topological polar surface area (TPSA) is 111 Å². The first kappa shape index (κ1) is 26.2. The minimum atomic E-state index is -3.99. The first-order valence-corrected chi connectivity index (χ1v) is 12.6. The number of ether oxygens (including phenoxy) is 2. The van der Waals surface area contributed by atoms with Crippen LogP contribution in [0, 0.1) is 0 Å². The number of benzene rings is 3. The fourth-order valence-electron chi connectivity index (χ4n) is 3.12. The summed E-state index contributed by atoms with van der Waals surface area (Å²) in [6, 6.07) is 20.0. The third-order valence-electron chi connectivity index (χ3n) is 4.80. The molecule has 35 heavy (non-hydrogen) atoms. The smallest absolute Gasteiger partial charge is 0.344 e. The van der Waals surface area contributed by atoms with Crippen LogP contribution in [0.25, 0.3) is 0 Å². The van der Waals surface area contributed by atoms with Crippen molar-refractivity contribution in [2.45, 2.75) is 24.3 Å². The average Bonchev–Trinajstić information content (AvgIpc) is 2.84. The molecule has 0 aliphatic rings. The molecule has 3 aromatic carbocycles. The highest BCUT2D eigenvalue weighted by molar-refractivity contribution is 7.89. The number of rotatable bonds is 11. The van der Waals surface area contributed by atoms with Gasteiger partial charge in [-0.25, -0.2) is 13.2 Å². The van der Waals surface area contributed by atoms with E-state index in [1.807, 2.05) is 30.3 Å². The SMILES string of the molecule is CCOC(=O)COc1ccc(NC(=O)[C@H](Cc2ccccc2)NS(=O)(=O)c2ccc(Cl)cc2)cc1. The summed E-state index contributed by atoms with van der Waals surface area (Å²) in [4.78, 5) is 24.5. The zero-order valence-electron chi connectivity index (χ0n) is 18.9. The number of nitrogens with one attached hydrogen (secondary N) is 2. The fraction of sp³-hybridized carbons (Fsp3) is 0.200. The minimum Gasteiger partial charge on any atom is -0.482 e. The van der Waals surface area contributed by atoms with Crippen LogP contribution in [0.4, 0.5) is 5.69 Å². The highest BCUT2D eigenvalue weighted by Crippen LogP contribution is 2.18. The van der Waals surface area contributed by atoms with Crippen molar-refractivity contribution in [2.75, 3.05) is 18.5 Å². The quantitative estimate of drug-likeness (QED) is 0.375. The van der Waals surface area contributed by atoms with E-state index in [-0.39, 0.29) is 24.5 Å². The number of carbonyl (C=O) groups is 2. The molecule has 10 heteroatoms. The van der Waals surface area contributed by atoms with Crippen molar-refractivity contribution in [1.29, 1.82) is 0 Å². The van der Waals surface area contributed by atoms with Gasteiger partial charge < -0.3 is 14.8 Å². The molecule has 1 atom stereocenters. The van der Waals surface area contributed by atoms with Gasteiger partial charge in [0.2, 0.25) is 15.9 Å². The Morgan fingerprint density at radius 1 is 0.943 bits per heavy atom. The molecule has 3 aromatic rings.